The van der Waals surface area contributed by atoms with Gasteiger partial charge in [0.2, 0.25) is 0 Å². The molecule has 0 N–H and O–H groups in total. The van der Waals surface area contributed by atoms with E-state index >= 15 is 0 Å². The number of hydrogen-bond donors (Lipinski definition) is 0. The molecule has 21 heavy (non-hydrogen) atoms. The van der Waals surface area contributed by atoms with Gasteiger partial charge in [0, 0.05) is 22.7 Å². The Labute approximate surface area is 140 Å². The van der Waals surface area contributed by atoms with E-state index in [-0.39, 0.29) is 5.56 Å². The molecule has 0 aromatic heterocycles. The zero-order valence-electron chi connectivity index (χ0n) is 11.0. The zero-order valence-corrected chi connectivity index (χ0v) is 14.1. The normalized spacial score (nSPS) is 12.3. The van der Waals surface area contributed by atoms with Gasteiger partial charge in [0.25, 0.3) is 0 Å². The summed E-state index contributed by atoms with van der Waals surface area (Å²) >= 11 is 15.7. The van der Waals surface area contributed by atoms with E-state index in [2.05, 4.69) is 15.9 Å². The first-order chi connectivity index (χ1) is 9.93. The lowest BCUT2D eigenvalue weighted by atomic mass is 10.0. The highest BCUT2D eigenvalue weighted by atomic mass is 79.9. The fourth-order valence-electron chi connectivity index (χ4n) is 1.88. The molecule has 2 aromatic carbocycles. The van der Waals surface area contributed by atoms with E-state index in [0.29, 0.717) is 28.0 Å². The van der Waals surface area contributed by atoms with Crippen molar-refractivity contribution in [3.05, 3.63) is 63.1 Å². The quantitative estimate of drug-likeness (QED) is 0.563. The Morgan fingerprint density at radius 1 is 1.10 bits per heavy atom. The van der Waals surface area contributed by atoms with E-state index in [0.717, 1.165) is 6.07 Å². The maximum absolute atomic E-state index is 13.8. The van der Waals surface area contributed by atoms with Crippen LogP contribution in [-0.2, 0) is 0 Å². The SMILES string of the molecule is CCOc1cc(Cl)c(C(Br)c2ccc(F)cc2F)cc1Cl. The Morgan fingerprint density at radius 3 is 2.43 bits per heavy atom. The van der Waals surface area contributed by atoms with Crippen LogP contribution >= 0.6 is 39.1 Å². The van der Waals surface area contributed by atoms with Gasteiger partial charge in [-0.2, -0.15) is 0 Å². The monoisotopic (exact) mass is 394 g/mol. The Hall–Kier alpha value is -0.840. The van der Waals surface area contributed by atoms with Crippen LogP contribution in [0.2, 0.25) is 10.0 Å². The second-order valence-electron chi connectivity index (χ2n) is 4.27. The van der Waals surface area contributed by atoms with Gasteiger partial charge >= 0.3 is 0 Å². The van der Waals surface area contributed by atoms with E-state index in [1.165, 1.54) is 12.1 Å². The lowest BCUT2D eigenvalue weighted by molar-refractivity contribution is 0.340. The number of ether oxygens (including phenoxy) is 1. The van der Waals surface area contributed by atoms with Crippen LogP contribution < -0.4 is 4.74 Å². The minimum absolute atomic E-state index is 0.276. The third-order valence-electron chi connectivity index (χ3n) is 2.86. The zero-order chi connectivity index (χ0) is 15.6. The Kier molecular flexibility index (Phi) is 5.47. The van der Waals surface area contributed by atoms with E-state index in [1.54, 1.807) is 12.1 Å². The molecule has 0 bridgehead atoms. The lowest BCUT2D eigenvalue weighted by Crippen LogP contribution is -2.00. The lowest BCUT2D eigenvalue weighted by Gasteiger charge is -2.16. The average Bonchev–Trinajstić information content (AvgIpc) is 2.42. The highest BCUT2D eigenvalue weighted by Gasteiger charge is 2.20. The van der Waals surface area contributed by atoms with Crippen molar-refractivity contribution in [2.45, 2.75) is 11.8 Å². The Morgan fingerprint density at radius 2 is 1.81 bits per heavy atom. The fraction of sp³-hybridized carbons (Fsp3) is 0.200. The number of benzene rings is 2. The summed E-state index contributed by atoms with van der Waals surface area (Å²) in [7, 11) is 0. The summed E-state index contributed by atoms with van der Waals surface area (Å²) in [6.07, 6.45) is 0. The molecule has 1 nitrogen and oxygen atoms in total. The maximum Gasteiger partial charge on any atom is 0.139 e. The molecule has 0 fully saturated rings. The third kappa shape index (κ3) is 3.68. The summed E-state index contributed by atoms with van der Waals surface area (Å²) in [5, 5.41) is 0.761. The van der Waals surface area contributed by atoms with Gasteiger partial charge in [-0.05, 0) is 24.6 Å². The largest absolute Gasteiger partial charge is 0.492 e. The van der Waals surface area contributed by atoms with Gasteiger partial charge < -0.3 is 4.74 Å². The van der Waals surface area contributed by atoms with E-state index in [4.69, 9.17) is 27.9 Å². The van der Waals surface area contributed by atoms with Gasteiger partial charge in [-0.1, -0.05) is 45.2 Å². The van der Waals surface area contributed by atoms with Crippen molar-refractivity contribution in [1.82, 2.24) is 0 Å². The molecule has 0 spiro atoms. The molecule has 2 rings (SSSR count). The van der Waals surface area contributed by atoms with Crippen molar-refractivity contribution >= 4 is 39.1 Å². The van der Waals surface area contributed by atoms with Crippen molar-refractivity contribution in [2.75, 3.05) is 6.61 Å². The van der Waals surface area contributed by atoms with Gasteiger partial charge in [0.15, 0.2) is 0 Å². The van der Waals surface area contributed by atoms with Crippen LogP contribution in [0.25, 0.3) is 0 Å². The summed E-state index contributed by atoms with van der Waals surface area (Å²) in [5.74, 6) is -0.822. The van der Waals surface area contributed by atoms with Crippen molar-refractivity contribution in [3.63, 3.8) is 0 Å². The van der Waals surface area contributed by atoms with E-state index < -0.39 is 16.5 Å². The van der Waals surface area contributed by atoms with Crippen molar-refractivity contribution in [1.29, 1.82) is 0 Å². The molecule has 0 amide bonds. The predicted octanol–water partition coefficient (Wildman–Crippen LogP) is 6.15. The molecular weight excluding hydrogens is 385 g/mol. The van der Waals surface area contributed by atoms with Crippen LogP contribution in [0.1, 0.15) is 22.9 Å². The van der Waals surface area contributed by atoms with Crippen molar-refractivity contribution < 1.29 is 13.5 Å². The number of alkyl halides is 1. The molecule has 1 atom stereocenters. The molecule has 0 radical (unpaired) electrons. The van der Waals surface area contributed by atoms with Crippen molar-refractivity contribution in [2.24, 2.45) is 0 Å². The first kappa shape index (κ1) is 16.5. The minimum Gasteiger partial charge on any atom is -0.492 e. The highest BCUT2D eigenvalue weighted by molar-refractivity contribution is 9.09. The molecule has 112 valence electrons. The smallest absolute Gasteiger partial charge is 0.139 e. The molecule has 1 unspecified atom stereocenters. The van der Waals surface area contributed by atoms with Crippen LogP contribution in [0.15, 0.2) is 30.3 Å². The second-order valence-corrected chi connectivity index (χ2v) is 6.00. The molecular formula is C15H11BrCl2F2O. The predicted molar refractivity (Wildman–Crippen MR) is 84.8 cm³/mol. The molecule has 0 aliphatic rings. The van der Waals surface area contributed by atoms with Gasteiger partial charge in [-0.3, -0.25) is 0 Å². The second kappa shape index (κ2) is 6.95. The topological polar surface area (TPSA) is 9.23 Å². The summed E-state index contributed by atoms with van der Waals surface area (Å²) in [6.45, 7) is 2.29. The minimum atomic E-state index is -0.655. The van der Waals surface area contributed by atoms with Crippen molar-refractivity contribution in [3.8, 4) is 5.75 Å². The maximum atomic E-state index is 13.8. The van der Waals surface area contributed by atoms with Gasteiger partial charge in [-0.15, -0.1) is 0 Å². The highest BCUT2D eigenvalue weighted by Crippen LogP contribution is 2.41. The molecule has 6 heteroatoms. The van der Waals surface area contributed by atoms with Crippen LogP contribution in [0.5, 0.6) is 5.75 Å². The number of hydrogen-bond acceptors (Lipinski definition) is 1. The first-order valence-electron chi connectivity index (χ1n) is 6.14. The summed E-state index contributed by atoms with van der Waals surface area (Å²) < 4.78 is 32.2. The summed E-state index contributed by atoms with van der Waals surface area (Å²) in [5.41, 5.74) is 0.856. The molecule has 2 aromatic rings. The summed E-state index contributed by atoms with van der Waals surface area (Å²) in [6, 6.07) is 6.57. The molecule has 0 aliphatic carbocycles. The van der Waals surface area contributed by atoms with Gasteiger partial charge in [0.1, 0.15) is 17.4 Å². The molecule has 0 saturated heterocycles. The van der Waals surface area contributed by atoms with Crippen LogP contribution in [0, 0.1) is 11.6 Å². The number of halogens is 5. The molecule has 0 heterocycles. The molecule has 0 aliphatic heterocycles. The van der Waals surface area contributed by atoms with Crippen LogP contribution in [0.4, 0.5) is 8.78 Å². The Balaban J connectivity index is 2.43. The third-order valence-corrected chi connectivity index (χ3v) is 4.47. The van der Waals surface area contributed by atoms with Crippen LogP contribution in [0.3, 0.4) is 0 Å². The average molecular weight is 396 g/mol. The van der Waals surface area contributed by atoms with E-state index in [1.807, 2.05) is 6.92 Å². The van der Waals surface area contributed by atoms with Gasteiger partial charge in [0.05, 0.1) is 16.5 Å². The van der Waals surface area contributed by atoms with Gasteiger partial charge in [-0.25, -0.2) is 8.78 Å². The van der Waals surface area contributed by atoms with Crippen LogP contribution in [-0.4, -0.2) is 6.61 Å². The fourth-order valence-corrected chi connectivity index (χ4v) is 3.25. The number of rotatable bonds is 4. The molecule has 0 saturated carbocycles. The Bertz CT molecular complexity index is 664. The standard InChI is InChI=1S/C15H11BrCl2F2O/c1-2-21-14-7-11(17)10(6-12(14)18)15(16)9-4-3-8(19)5-13(9)20/h3-7,15H,2H2,1H3. The van der Waals surface area contributed by atoms with E-state index in [9.17, 15) is 8.78 Å². The summed E-state index contributed by atoms with van der Waals surface area (Å²) in [4.78, 5) is -0.543. The first-order valence-corrected chi connectivity index (χ1v) is 7.82.